The Morgan fingerprint density at radius 2 is 2.26 bits per heavy atom. The maximum atomic E-state index is 11.9. The average molecular weight is 288 g/mol. The predicted octanol–water partition coefficient (Wildman–Crippen LogP) is 0.475. The van der Waals surface area contributed by atoms with Gasteiger partial charge >= 0.3 is 0 Å². The van der Waals surface area contributed by atoms with Gasteiger partial charge in [0.05, 0.1) is 5.92 Å². The van der Waals surface area contributed by atoms with Crippen LogP contribution < -0.4 is 5.32 Å². The van der Waals surface area contributed by atoms with Crippen LogP contribution in [0.1, 0.15) is 26.7 Å². The van der Waals surface area contributed by atoms with Crippen molar-refractivity contribution in [3.05, 3.63) is 0 Å². The molecule has 0 aromatic carbocycles. The number of nitrogens with zero attached hydrogens (tertiary/aromatic N) is 1. The molecule has 110 valence electrons. The van der Waals surface area contributed by atoms with Crippen LogP contribution in [0.15, 0.2) is 0 Å². The largest absolute Gasteiger partial charge is 0.396 e. The molecule has 0 saturated carbocycles. The van der Waals surface area contributed by atoms with E-state index in [0.29, 0.717) is 19.5 Å². The lowest BCUT2D eigenvalue weighted by molar-refractivity contribution is -0.129. The first-order chi connectivity index (χ1) is 9.06. The molecule has 1 heterocycles. The van der Waals surface area contributed by atoms with Crippen molar-refractivity contribution >= 4 is 23.6 Å². The molecular weight excluding hydrogens is 264 g/mol. The molecule has 2 amide bonds. The van der Waals surface area contributed by atoms with E-state index in [2.05, 4.69) is 5.32 Å². The van der Waals surface area contributed by atoms with Crippen LogP contribution in [0.4, 0.5) is 0 Å². The van der Waals surface area contributed by atoms with Gasteiger partial charge < -0.3 is 15.3 Å². The van der Waals surface area contributed by atoms with Crippen molar-refractivity contribution in [2.45, 2.75) is 32.7 Å². The summed E-state index contributed by atoms with van der Waals surface area (Å²) in [6, 6.07) is 0.166. The molecule has 0 aromatic heterocycles. The average Bonchev–Trinajstić information content (AvgIpc) is 2.75. The topological polar surface area (TPSA) is 69.6 Å². The van der Waals surface area contributed by atoms with Gasteiger partial charge in [-0.15, -0.1) is 0 Å². The summed E-state index contributed by atoms with van der Waals surface area (Å²) in [5, 5.41) is 11.5. The Labute approximate surface area is 119 Å². The molecule has 1 aliphatic rings. The molecule has 2 N–H and O–H groups in total. The summed E-state index contributed by atoms with van der Waals surface area (Å²) >= 11 is 1.72. The smallest absolute Gasteiger partial charge is 0.225 e. The van der Waals surface area contributed by atoms with Crippen LogP contribution in [0.2, 0.25) is 0 Å². The van der Waals surface area contributed by atoms with Gasteiger partial charge in [0.2, 0.25) is 11.8 Å². The zero-order valence-corrected chi connectivity index (χ0v) is 12.5. The minimum atomic E-state index is -0.197. The molecule has 1 atom stereocenters. The van der Waals surface area contributed by atoms with Gasteiger partial charge in [-0.3, -0.25) is 9.59 Å². The normalized spacial score (nSPS) is 19.3. The Hall–Kier alpha value is -0.750. The number of carbonyl (C=O) groups excluding carboxylic acids is 2. The highest BCUT2D eigenvalue weighted by Crippen LogP contribution is 2.20. The maximum Gasteiger partial charge on any atom is 0.225 e. The summed E-state index contributed by atoms with van der Waals surface area (Å²) in [6.07, 6.45) is 1.13. The number of thioether (sulfide) groups is 1. The molecule has 6 heteroatoms. The molecule has 19 heavy (non-hydrogen) atoms. The molecule has 0 aromatic rings. The zero-order valence-electron chi connectivity index (χ0n) is 11.7. The quantitative estimate of drug-likeness (QED) is 0.637. The van der Waals surface area contributed by atoms with Gasteiger partial charge in [-0.05, 0) is 26.0 Å². The highest BCUT2D eigenvalue weighted by molar-refractivity contribution is 7.99. The third-order valence-corrected chi connectivity index (χ3v) is 4.22. The Morgan fingerprint density at radius 1 is 1.53 bits per heavy atom. The fourth-order valence-corrected chi connectivity index (χ4v) is 2.85. The van der Waals surface area contributed by atoms with Crippen molar-refractivity contribution in [3.63, 3.8) is 0 Å². The van der Waals surface area contributed by atoms with Crippen LogP contribution in [0.5, 0.6) is 0 Å². The third-order valence-electron chi connectivity index (χ3n) is 3.15. The first kappa shape index (κ1) is 16.3. The van der Waals surface area contributed by atoms with Crippen molar-refractivity contribution in [3.8, 4) is 0 Å². The Kier molecular flexibility index (Phi) is 7.23. The van der Waals surface area contributed by atoms with Crippen LogP contribution in [0.3, 0.4) is 0 Å². The second-order valence-corrected chi connectivity index (χ2v) is 6.25. The van der Waals surface area contributed by atoms with E-state index in [1.807, 2.05) is 13.8 Å². The monoisotopic (exact) mass is 288 g/mol. The SMILES string of the molecule is CC(C)N1CC(C(=O)NCCSCCCO)CC1=O. The van der Waals surface area contributed by atoms with Crippen molar-refractivity contribution in [2.75, 3.05) is 31.2 Å². The van der Waals surface area contributed by atoms with Crippen molar-refractivity contribution in [2.24, 2.45) is 5.92 Å². The first-order valence-electron chi connectivity index (χ1n) is 6.82. The van der Waals surface area contributed by atoms with Crippen LogP contribution in [0, 0.1) is 5.92 Å². The van der Waals surface area contributed by atoms with E-state index >= 15 is 0 Å². The number of aliphatic hydroxyl groups is 1. The number of nitrogens with one attached hydrogen (secondary N) is 1. The number of hydrogen-bond donors (Lipinski definition) is 2. The molecule has 0 aliphatic carbocycles. The molecule has 1 unspecified atom stereocenters. The Balaban J connectivity index is 2.19. The zero-order chi connectivity index (χ0) is 14.3. The number of carbonyl (C=O) groups is 2. The van der Waals surface area contributed by atoms with E-state index in [0.717, 1.165) is 17.9 Å². The molecule has 0 spiro atoms. The van der Waals surface area contributed by atoms with Gasteiger partial charge in [-0.2, -0.15) is 11.8 Å². The Bertz CT molecular complexity index is 310. The first-order valence-corrected chi connectivity index (χ1v) is 7.97. The van der Waals surface area contributed by atoms with Crippen LogP contribution in [0.25, 0.3) is 0 Å². The highest BCUT2D eigenvalue weighted by Gasteiger charge is 2.35. The van der Waals surface area contributed by atoms with Gasteiger partial charge in [-0.25, -0.2) is 0 Å². The van der Waals surface area contributed by atoms with E-state index in [-0.39, 0.29) is 30.4 Å². The van der Waals surface area contributed by atoms with Crippen molar-refractivity contribution in [1.82, 2.24) is 10.2 Å². The van der Waals surface area contributed by atoms with Crippen molar-refractivity contribution < 1.29 is 14.7 Å². The summed E-state index contributed by atoms with van der Waals surface area (Å²) in [5.41, 5.74) is 0. The summed E-state index contributed by atoms with van der Waals surface area (Å²) in [6.45, 7) is 5.32. The molecule has 0 bridgehead atoms. The summed E-state index contributed by atoms with van der Waals surface area (Å²) in [5.74, 6) is 1.62. The molecule has 1 aliphatic heterocycles. The predicted molar refractivity (Wildman–Crippen MR) is 77.0 cm³/mol. The van der Waals surface area contributed by atoms with Crippen LogP contribution >= 0.6 is 11.8 Å². The molecule has 1 saturated heterocycles. The number of hydrogen-bond acceptors (Lipinski definition) is 4. The lowest BCUT2D eigenvalue weighted by atomic mass is 10.1. The fraction of sp³-hybridized carbons (Fsp3) is 0.846. The van der Waals surface area contributed by atoms with E-state index in [1.165, 1.54) is 0 Å². The second-order valence-electron chi connectivity index (χ2n) is 5.02. The number of rotatable bonds is 8. The number of amides is 2. The minimum absolute atomic E-state index is 0.0146. The van der Waals surface area contributed by atoms with Gasteiger partial charge in [0.1, 0.15) is 0 Å². The van der Waals surface area contributed by atoms with Crippen LogP contribution in [-0.2, 0) is 9.59 Å². The number of aliphatic hydroxyl groups excluding tert-OH is 1. The molecular formula is C13H24N2O3S. The minimum Gasteiger partial charge on any atom is -0.396 e. The van der Waals surface area contributed by atoms with Gasteiger partial charge in [-0.1, -0.05) is 0 Å². The number of likely N-dealkylation sites (tertiary alicyclic amines) is 1. The van der Waals surface area contributed by atoms with Gasteiger partial charge in [0.15, 0.2) is 0 Å². The fourth-order valence-electron chi connectivity index (χ4n) is 2.07. The summed E-state index contributed by atoms with van der Waals surface area (Å²) < 4.78 is 0. The van der Waals surface area contributed by atoms with E-state index in [1.54, 1.807) is 16.7 Å². The van der Waals surface area contributed by atoms with Crippen LogP contribution in [-0.4, -0.2) is 59.1 Å². The van der Waals surface area contributed by atoms with Crippen molar-refractivity contribution in [1.29, 1.82) is 0 Å². The van der Waals surface area contributed by atoms with Gasteiger partial charge in [0.25, 0.3) is 0 Å². The second kappa shape index (κ2) is 8.43. The standard InChI is InChI=1S/C13H24N2O3S/c1-10(2)15-9-11(8-12(15)17)13(18)14-4-7-19-6-3-5-16/h10-11,16H,3-9H2,1-2H3,(H,14,18). The third kappa shape index (κ3) is 5.40. The lowest BCUT2D eigenvalue weighted by Gasteiger charge is -2.20. The van der Waals surface area contributed by atoms with E-state index < -0.39 is 0 Å². The van der Waals surface area contributed by atoms with Gasteiger partial charge in [0, 0.05) is 37.9 Å². The molecule has 5 nitrogen and oxygen atoms in total. The molecule has 1 fully saturated rings. The Morgan fingerprint density at radius 3 is 2.84 bits per heavy atom. The maximum absolute atomic E-state index is 11.9. The lowest BCUT2D eigenvalue weighted by Crippen LogP contribution is -2.36. The van der Waals surface area contributed by atoms with E-state index in [4.69, 9.17) is 5.11 Å². The summed E-state index contributed by atoms with van der Waals surface area (Å²) in [7, 11) is 0. The summed E-state index contributed by atoms with van der Waals surface area (Å²) in [4.78, 5) is 25.4. The van der Waals surface area contributed by atoms with E-state index in [9.17, 15) is 9.59 Å². The molecule has 1 rings (SSSR count). The molecule has 0 radical (unpaired) electrons. The highest BCUT2D eigenvalue weighted by atomic mass is 32.2.